The minimum absolute atomic E-state index is 0.0666. The van der Waals surface area contributed by atoms with Crippen molar-refractivity contribution in [2.45, 2.75) is 13.0 Å². The van der Waals surface area contributed by atoms with Crippen molar-refractivity contribution in [3.05, 3.63) is 59.4 Å². The third kappa shape index (κ3) is 3.61. The second-order valence-electron chi connectivity index (χ2n) is 4.15. The summed E-state index contributed by atoms with van der Waals surface area (Å²) in [4.78, 5) is 22.6. The number of carboxylic acid groups (broad SMARTS) is 1. The van der Waals surface area contributed by atoms with Crippen molar-refractivity contribution in [1.82, 2.24) is 15.5 Å². The van der Waals surface area contributed by atoms with Gasteiger partial charge >= 0.3 is 5.97 Å². The molecule has 1 heterocycles. The van der Waals surface area contributed by atoms with E-state index < -0.39 is 5.97 Å². The number of aliphatic carboxylic acids is 1. The molecule has 102 valence electrons. The summed E-state index contributed by atoms with van der Waals surface area (Å²) in [5, 5.41) is 18.8. The molecule has 2 aromatic rings. The van der Waals surface area contributed by atoms with E-state index in [1.807, 2.05) is 0 Å². The van der Waals surface area contributed by atoms with E-state index >= 15 is 0 Å². The number of rotatable bonds is 5. The highest BCUT2D eigenvalue weighted by molar-refractivity contribution is 5.93. The maximum atomic E-state index is 11.9. The molecule has 0 saturated heterocycles. The van der Waals surface area contributed by atoms with Crippen molar-refractivity contribution in [2.24, 2.45) is 0 Å². The summed E-state index contributed by atoms with van der Waals surface area (Å²) in [5.41, 5.74) is 1.88. The predicted molar refractivity (Wildman–Crippen MR) is 71.0 cm³/mol. The van der Waals surface area contributed by atoms with E-state index in [1.165, 1.54) is 12.4 Å². The summed E-state index contributed by atoms with van der Waals surface area (Å²) in [6.45, 7) is 0.268. The lowest BCUT2D eigenvalue weighted by Gasteiger charge is -2.09. The van der Waals surface area contributed by atoms with Gasteiger partial charge in [0.05, 0.1) is 24.4 Å². The van der Waals surface area contributed by atoms with Gasteiger partial charge in [-0.1, -0.05) is 24.3 Å². The molecule has 2 rings (SSSR count). The Balaban J connectivity index is 2.04. The predicted octanol–water partition coefficient (Wildman–Crippen LogP) is 1.03. The van der Waals surface area contributed by atoms with Crippen molar-refractivity contribution in [1.29, 1.82) is 0 Å². The van der Waals surface area contributed by atoms with Gasteiger partial charge in [0.2, 0.25) is 0 Å². The van der Waals surface area contributed by atoms with Crippen LogP contribution < -0.4 is 5.32 Å². The van der Waals surface area contributed by atoms with Crippen LogP contribution in [0.3, 0.4) is 0 Å². The number of aromatic nitrogens is 2. The number of amides is 1. The van der Waals surface area contributed by atoms with Crippen LogP contribution in [0.4, 0.5) is 0 Å². The third-order valence-electron chi connectivity index (χ3n) is 2.75. The Morgan fingerprint density at radius 2 is 1.85 bits per heavy atom. The molecule has 2 N–H and O–H groups in total. The summed E-state index contributed by atoms with van der Waals surface area (Å²) in [6.07, 6.45) is 2.74. The van der Waals surface area contributed by atoms with Gasteiger partial charge in [0.25, 0.3) is 5.91 Å². The van der Waals surface area contributed by atoms with Gasteiger partial charge < -0.3 is 10.4 Å². The highest BCUT2D eigenvalue weighted by Crippen LogP contribution is 2.09. The van der Waals surface area contributed by atoms with Crippen molar-refractivity contribution < 1.29 is 14.7 Å². The zero-order valence-corrected chi connectivity index (χ0v) is 10.6. The van der Waals surface area contributed by atoms with Crippen molar-refractivity contribution in [3.63, 3.8) is 0 Å². The third-order valence-corrected chi connectivity index (χ3v) is 2.75. The fourth-order valence-electron chi connectivity index (χ4n) is 1.77. The Bertz CT molecular complexity index is 614. The number of hydrogen-bond donors (Lipinski definition) is 2. The smallest absolute Gasteiger partial charge is 0.307 e. The number of carbonyl (C=O) groups excluding carboxylic acids is 1. The number of nitrogens with zero attached hydrogens (tertiary/aromatic N) is 2. The first-order chi connectivity index (χ1) is 9.66. The van der Waals surface area contributed by atoms with Crippen LogP contribution >= 0.6 is 0 Å². The summed E-state index contributed by atoms with van der Waals surface area (Å²) >= 11 is 0. The molecule has 0 saturated carbocycles. The quantitative estimate of drug-likeness (QED) is 0.847. The lowest BCUT2D eigenvalue weighted by atomic mass is 10.0. The number of carboxylic acids is 1. The Kier molecular flexibility index (Phi) is 4.39. The molecule has 20 heavy (non-hydrogen) atoms. The van der Waals surface area contributed by atoms with Gasteiger partial charge in [0.15, 0.2) is 0 Å². The van der Waals surface area contributed by atoms with Gasteiger partial charge in [0, 0.05) is 6.54 Å². The number of nitrogens with one attached hydrogen (secondary N) is 1. The largest absolute Gasteiger partial charge is 0.481 e. The van der Waals surface area contributed by atoms with E-state index in [0.717, 1.165) is 5.56 Å². The molecule has 1 aromatic carbocycles. The minimum atomic E-state index is -0.901. The topological polar surface area (TPSA) is 92.2 Å². The minimum Gasteiger partial charge on any atom is -0.481 e. The Hall–Kier alpha value is -2.76. The van der Waals surface area contributed by atoms with Gasteiger partial charge in [-0.25, -0.2) is 0 Å². The summed E-state index contributed by atoms with van der Waals surface area (Å²) in [6, 6.07) is 8.68. The molecule has 0 unspecified atom stereocenters. The first kappa shape index (κ1) is 13.7. The molecule has 0 spiro atoms. The molecule has 6 heteroatoms. The van der Waals surface area contributed by atoms with Gasteiger partial charge in [-0.05, 0) is 17.2 Å². The second kappa shape index (κ2) is 6.42. The summed E-state index contributed by atoms with van der Waals surface area (Å²) in [5.74, 6) is -1.17. The van der Waals surface area contributed by atoms with Crippen LogP contribution in [0.5, 0.6) is 0 Å². The van der Waals surface area contributed by atoms with E-state index in [-0.39, 0.29) is 18.9 Å². The first-order valence-electron chi connectivity index (χ1n) is 6.00. The van der Waals surface area contributed by atoms with Crippen molar-refractivity contribution in [3.8, 4) is 0 Å². The monoisotopic (exact) mass is 271 g/mol. The van der Waals surface area contributed by atoms with E-state index in [1.54, 1.807) is 30.3 Å². The maximum Gasteiger partial charge on any atom is 0.307 e. The normalized spacial score (nSPS) is 10.0. The van der Waals surface area contributed by atoms with Gasteiger partial charge in [-0.15, -0.1) is 0 Å². The number of carbonyl (C=O) groups is 2. The molecule has 0 fully saturated rings. The highest BCUT2D eigenvalue weighted by Gasteiger charge is 2.09. The Morgan fingerprint density at radius 3 is 2.50 bits per heavy atom. The molecule has 6 nitrogen and oxygen atoms in total. The molecule has 0 atom stereocenters. The lowest BCUT2D eigenvalue weighted by Crippen LogP contribution is -2.23. The zero-order chi connectivity index (χ0) is 14.4. The molecule has 0 radical (unpaired) electrons. The molecule has 0 aliphatic rings. The van der Waals surface area contributed by atoms with Crippen LogP contribution in [0.25, 0.3) is 0 Å². The zero-order valence-electron chi connectivity index (χ0n) is 10.6. The SMILES string of the molecule is O=C(O)Cc1ccccc1CNC(=O)c1ccnnc1. The lowest BCUT2D eigenvalue weighted by molar-refractivity contribution is -0.136. The van der Waals surface area contributed by atoms with E-state index in [4.69, 9.17) is 5.11 Å². The maximum absolute atomic E-state index is 11.9. The average Bonchev–Trinajstić information content (AvgIpc) is 2.46. The van der Waals surface area contributed by atoms with Crippen LogP contribution in [0.15, 0.2) is 42.7 Å². The summed E-state index contributed by atoms with van der Waals surface area (Å²) in [7, 11) is 0. The van der Waals surface area contributed by atoms with Crippen LogP contribution in [-0.4, -0.2) is 27.2 Å². The Morgan fingerprint density at radius 1 is 1.10 bits per heavy atom. The standard InChI is InChI=1S/C14H13N3O3/c18-13(19)7-10-3-1-2-4-11(10)8-15-14(20)12-5-6-16-17-9-12/h1-6,9H,7-8H2,(H,15,20)(H,18,19). The van der Waals surface area contributed by atoms with Crippen LogP contribution in [0, 0.1) is 0 Å². The molecule has 0 bridgehead atoms. The highest BCUT2D eigenvalue weighted by atomic mass is 16.4. The number of hydrogen-bond acceptors (Lipinski definition) is 4. The molecule has 0 aliphatic heterocycles. The summed E-state index contributed by atoms with van der Waals surface area (Å²) < 4.78 is 0. The fourth-order valence-corrected chi connectivity index (χ4v) is 1.77. The van der Waals surface area contributed by atoms with Crippen molar-refractivity contribution >= 4 is 11.9 Å². The van der Waals surface area contributed by atoms with Crippen molar-refractivity contribution in [2.75, 3.05) is 0 Å². The van der Waals surface area contributed by atoms with Gasteiger partial charge in [-0.3, -0.25) is 9.59 Å². The molecular weight excluding hydrogens is 258 g/mol. The average molecular weight is 271 g/mol. The van der Waals surface area contributed by atoms with Gasteiger partial charge in [-0.2, -0.15) is 10.2 Å². The van der Waals surface area contributed by atoms with E-state index in [0.29, 0.717) is 11.1 Å². The van der Waals surface area contributed by atoms with Gasteiger partial charge in [0.1, 0.15) is 0 Å². The molecule has 1 amide bonds. The van der Waals surface area contributed by atoms with E-state index in [2.05, 4.69) is 15.5 Å². The Labute approximate surface area is 115 Å². The molecular formula is C14H13N3O3. The van der Waals surface area contributed by atoms with E-state index in [9.17, 15) is 9.59 Å². The van der Waals surface area contributed by atoms with Crippen LogP contribution in [0.2, 0.25) is 0 Å². The molecule has 1 aromatic heterocycles. The first-order valence-corrected chi connectivity index (χ1v) is 6.00. The number of benzene rings is 1. The van der Waals surface area contributed by atoms with Crippen LogP contribution in [0.1, 0.15) is 21.5 Å². The second-order valence-corrected chi connectivity index (χ2v) is 4.15. The molecule has 0 aliphatic carbocycles. The fraction of sp³-hybridized carbons (Fsp3) is 0.143. The van der Waals surface area contributed by atoms with Crippen LogP contribution in [-0.2, 0) is 17.8 Å².